The molecule has 1 heterocycles. The summed E-state index contributed by atoms with van der Waals surface area (Å²) in [5.74, 6) is -1.55. The van der Waals surface area contributed by atoms with E-state index in [0.29, 0.717) is 10.8 Å². The van der Waals surface area contributed by atoms with Crippen LogP contribution in [-0.2, 0) is 14.4 Å². The van der Waals surface area contributed by atoms with Gasteiger partial charge in [0, 0.05) is 36.1 Å². The number of thiazole rings is 1. The van der Waals surface area contributed by atoms with Gasteiger partial charge < -0.3 is 15.5 Å². The number of benzene rings is 1. The van der Waals surface area contributed by atoms with Crippen LogP contribution in [0.25, 0.3) is 0 Å². The van der Waals surface area contributed by atoms with E-state index in [1.807, 2.05) is 0 Å². The van der Waals surface area contributed by atoms with Crippen LogP contribution >= 0.6 is 11.3 Å². The Kier molecular flexibility index (Phi) is 7.89. The van der Waals surface area contributed by atoms with Crippen molar-refractivity contribution in [3.63, 3.8) is 0 Å². The molecule has 3 amide bonds. The summed E-state index contributed by atoms with van der Waals surface area (Å²) in [6, 6.07) is 5.65. The number of hydrogen-bond donors (Lipinski definition) is 2. The third kappa shape index (κ3) is 6.62. The number of anilines is 2. The number of hydrogen-bond acceptors (Lipinski definition) is 5. The fourth-order valence-corrected chi connectivity index (χ4v) is 4.00. The van der Waals surface area contributed by atoms with Gasteiger partial charge in [0.2, 0.25) is 17.7 Å². The SMILES string of the molecule is O=C(CCC(=O)N(CC(=O)NC1CCCCC1)c1cccc(F)c1)Nc1nccs1. The van der Waals surface area contributed by atoms with Crippen molar-refractivity contribution in [2.24, 2.45) is 0 Å². The average molecular weight is 433 g/mol. The van der Waals surface area contributed by atoms with Gasteiger partial charge in [0.05, 0.1) is 0 Å². The van der Waals surface area contributed by atoms with E-state index in [1.165, 1.54) is 40.9 Å². The van der Waals surface area contributed by atoms with Crippen LogP contribution in [0.15, 0.2) is 35.8 Å². The molecule has 1 saturated carbocycles. The lowest BCUT2D eigenvalue weighted by Gasteiger charge is -2.26. The maximum Gasteiger partial charge on any atom is 0.240 e. The lowest BCUT2D eigenvalue weighted by Crippen LogP contribution is -2.45. The Bertz CT molecular complexity index is 869. The highest BCUT2D eigenvalue weighted by Crippen LogP contribution is 2.19. The van der Waals surface area contributed by atoms with E-state index in [0.717, 1.165) is 25.7 Å². The van der Waals surface area contributed by atoms with Gasteiger partial charge in [-0.2, -0.15) is 0 Å². The van der Waals surface area contributed by atoms with Crippen molar-refractivity contribution in [3.8, 4) is 0 Å². The number of carbonyl (C=O) groups excluding carboxylic acids is 3. The van der Waals surface area contributed by atoms with Gasteiger partial charge >= 0.3 is 0 Å². The lowest BCUT2D eigenvalue weighted by molar-refractivity contribution is -0.125. The molecule has 1 aromatic carbocycles. The van der Waals surface area contributed by atoms with Gasteiger partial charge in [-0.05, 0) is 31.0 Å². The van der Waals surface area contributed by atoms with E-state index in [4.69, 9.17) is 0 Å². The molecule has 1 aliphatic rings. The summed E-state index contributed by atoms with van der Waals surface area (Å²) in [6.07, 6.45) is 6.58. The number of halogens is 1. The van der Waals surface area contributed by atoms with E-state index in [-0.39, 0.29) is 37.2 Å². The second-order valence-electron chi connectivity index (χ2n) is 7.25. The number of amides is 3. The molecule has 0 unspecified atom stereocenters. The van der Waals surface area contributed by atoms with Crippen molar-refractivity contribution in [1.82, 2.24) is 10.3 Å². The molecule has 1 aliphatic carbocycles. The number of nitrogens with one attached hydrogen (secondary N) is 2. The van der Waals surface area contributed by atoms with E-state index >= 15 is 0 Å². The Hall–Kier alpha value is -2.81. The van der Waals surface area contributed by atoms with Crippen molar-refractivity contribution in [3.05, 3.63) is 41.7 Å². The summed E-state index contributed by atoms with van der Waals surface area (Å²) in [5.41, 5.74) is 0.291. The number of nitrogens with zero attached hydrogens (tertiary/aromatic N) is 2. The molecule has 0 aliphatic heterocycles. The van der Waals surface area contributed by atoms with Crippen molar-refractivity contribution < 1.29 is 18.8 Å². The Morgan fingerprint density at radius 3 is 2.63 bits per heavy atom. The number of rotatable bonds is 8. The van der Waals surface area contributed by atoms with Crippen LogP contribution < -0.4 is 15.5 Å². The highest BCUT2D eigenvalue weighted by Gasteiger charge is 2.23. The van der Waals surface area contributed by atoms with Crippen LogP contribution in [0.2, 0.25) is 0 Å². The molecule has 0 radical (unpaired) electrons. The van der Waals surface area contributed by atoms with Gasteiger partial charge in [-0.1, -0.05) is 25.3 Å². The van der Waals surface area contributed by atoms with Gasteiger partial charge in [0.15, 0.2) is 5.13 Å². The largest absolute Gasteiger partial charge is 0.352 e. The zero-order valence-electron chi connectivity index (χ0n) is 16.6. The summed E-state index contributed by atoms with van der Waals surface area (Å²) >= 11 is 1.28. The monoisotopic (exact) mass is 432 g/mol. The molecule has 3 rings (SSSR count). The van der Waals surface area contributed by atoms with Crippen LogP contribution in [-0.4, -0.2) is 35.3 Å². The molecule has 2 aromatic rings. The van der Waals surface area contributed by atoms with Crippen molar-refractivity contribution in [2.75, 3.05) is 16.8 Å². The molecule has 1 aromatic heterocycles. The highest BCUT2D eigenvalue weighted by atomic mass is 32.1. The molecule has 1 fully saturated rings. The Morgan fingerprint density at radius 2 is 1.93 bits per heavy atom. The van der Waals surface area contributed by atoms with Gasteiger partial charge in [0.25, 0.3) is 0 Å². The molecule has 160 valence electrons. The van der Waals surface area contributed by atoms with Gasteiger partial charge in [-0.25, -0.2) is 9.37 Å². The minimum absolute atomic E-state index is 0.0610. The fourth-order valence-electron chi connectivity index (χ4n) is 3.45. The minimum atomic E-state index is -0.500. The Balaban J connectivity index is 1.61. The van der Waals surface area contributed by atoms with E-state index in [1.54, 1.807) is 17.6 Å². The van der Waals surface area contributed by atoms with Crippen LogP contribution in [0.4, 0.5) is 15.2 Å². The first kappa shape index (κ1) is 21.9. The molecule has 30 heavy (non-hydrogen) atoms. The zero-order valence-corrected chi connectivity index (χ0v) is 17.4. The fraction of sp³-hybridized carbons (Fsp3) is 0.429. The quantitative estimate of drug-likeness (QED) is 0.668. The summed E-state index contributed by atoms with van der Waals surface area (Å²) in [7, 11) is 0. The molecule has 9 heteroatoms. The third-order valence-electron chi connectivity index (χ3n) is 4.94. The highest BCUT2D eigenvalue weighted by molar-refractivity contribution is 7.13. The van der Waals surface area contributed by atoms with Crippen molar-refractivity contribution in [2.45, 2.75) is 51.0 Å². The summed E-state index contributed by atoms with van der Waals surface area (Å²) in [6.45, 7) is -0.215. The minimum Gasteiger partial charge on any atom is -0.352 e. The Labute approximate surface area is 178 Å². The van der Waals surface area contributed by atoms with Gasteiger partial charge in [0.1, 0.15) is 12.4 Å². The molecule has 2 N–H and O–H groups in total. The van der Waals surface area contributed by atoms with Crippen LogP contribution in [0, 0.1) is 5.82 Å². The first-order chi connectivity index (χ1) is 14.5. The van der Waals surface area contributed by atoms with Gasteiger partial charge in [-0.3, -0.25) is 14.4 Å². The summed E-state index contributed by atoms with van der Waals surface area (Å²) in [5, 5.41) is 7.78. The average Bonchev–Trinajstić information content (AvgIpc) is 3.24. The first-order valence-electron chi connectivity index (χ1n) is 10.1. The molecule has 0 spiro atoms. The van der Waals surface area contributed by atoms with Gasteiger partial charge in [-0.15, -0.1) is 11.3 Å². The third-order valence-corrected chi connectivity index (χ3v) is 5.63. The second-order valence-corrected chi connectivity index (χ2v) is 8.14. The zero-order chi connectivity index (χ0) is 21.3. The Morgan fingerprint density at radius 1 is 1.13 bits per heavy atom. The molecule has 0 bridgehead atoms. The molecule has 0 atom stereocenters. The van der Waals surface area contributed by atoms with Crippen molar-refractivity contribution in [1.29, 1.82) is 0 Å². The first-order valence-corrected chi connectivity index (χ1v) is 10.9. The summed E-state index contributed by atoms with van der Waals surface area (Å²) < 4.78 is 13.7. The number of aromatic nitrogens is 1. The van der Waals surface area contributed by atoms with E-state index in [2.05, 4.69) is 15.6 Å². The predicted octanol–water partition coefficient (Wildman–Crippen LogP) is 3.48. The van der Waals surface area contributed by atoms with Crippen molar-refractivity contribution >= 4 is 39.9 Å². The second kappa shape index (κ2) is 10.8. The number of carbonyl (C=O) groups is 3. The van der Waals surface area contributed by atoms with E-state index < -0.39 is 11.7 Å². The van der Waals surface area contributed by atoms with Crippen LogP contribution in [0.5, 0.6) is 0 Å². The predicted molar refractivity (Wildman–Crippen MR) is 114 cm³/mol. The molecular formula is C21H25FN4O3S. The molecule has 7 nitrogen and oxygen atoms in total. The van der Waals surface area contributed by atoms with E-state index in [9.17, 15) is 18.8 Å². The molecule has 0 saturated heterocycles. The smallest absolute Gasteiger partial charge is 0.240 e. The lowest BCUT2D eigenvalue weighted by atomic mass is 9.95. The standard InChI is InChI=1S/C21H25FN4O3S/c22-15-5-4-8-17(13-15)26(14-19(28)24-16-6-2-1-3-7-16)20(29)10-9-18(27)25-21-23-11-12-30-21/h4-5,8,11-13,16H,1-3,6-7,9-10,14H2,(H,24,28)(H,23,25,27). The topological polar surface area (TPSA) is 91.4 Å². The van der Waals surface area contributed by atoms with Crippen LogP contribution in [0.3, 0.4) is 0 Å². The maximum absolute atomic E-state index is 13.7. The van der Waals surface area contributed by atoms with Crippen LogP contribution in [0.1, 0.15) is 44.9 Å². The normalized spacial score (nSPS) is 14.2. The summed E-state index contributed by atoms with van der Waals surface area (Å²) in [4.78, 5) is 42.6. The maximum atomic E-state index is 13.7. The molecular weight excluding hydrogens is 407 g/mol.